The Morgan fingerprint density at radius 1 is 1.03 bits per heavy atom. The van der Waals surface area contributed by atoms with Crippen molar-refractivity contribution in [2.75, 3.05) is 24.6 Å². The van der Waals surface area contributed by atoms with Crippen LogP contribution >= 0.6 is 0 Å². The first-order valence-corrected chi connectivity index (χ1v) is 11.5. The SMILES string of the molecule is CCC(=O)N[C@@H](C)c1ccc(C2CCN(c3ccc(OCC4CC4)cc3)CC2)cc1. The second kappa shape index (κ2) is 9.55. The van der Waals surface area contributed by atoms with Gasteiger partial charge in [-0.3, -0.25) is 4.79 Å². The highest BCUT2D eigenvalue weighted by Crippen LogP contribution is 2.33. The molecule has 2 aromatic rings. The number of amides is 1. The number of ether oxygens (including phenoxy) is 1. The molecule has 0 spiro atoms. The lowest BCUT2D eigenvalue weighted by Crippen LogP contribution is -2.32. The Morgan fingerprint density at radius 2 is 1.70 bits per heavy atom. The average Bonchev–Trinajstić information content (AvgIpc) is 3.63. The number of piperidine rings is 1. The summed E-state index contributed by atoms with van der Waals surface area (Å²) in [6, 6.07) is 17.5. The zero-order chi connectivity index (χ0) is 20.9. The lowest BCUT2D eigenvalue weighted by molar-refractivity contribution is -0.121. The number of nitrogens with one attached hydrogen (secondary N) is 1. The van der Waals surface area contributed by atoms with Gasteiger partial charge in [-0.15, -0.1) is 0 Å². The molecule has 0 aromatic heterocycles. The Labute approximate surface area is 180 Å². The van der Waals surface area contributed by atoms with Crippen LogP contribution < -0.4 is 15.0 Å². The monoisotopic (exact) mass is 406 g/mol. The Kier molecular flexibility index (Phi) is 6.61. The van der Waals surface area contributed by atoms with Gasteiger partial charge in [0, 0.05) is 25.2 Å². The van der Waals surface area contributed by atoms with Gasteiger partial charge in [0.15, 0.2) is 0 Å². The maximum absolute atomic E-state index is 11.6. The second-order valence-electron chi connectivity index (χ2n) is 8.82. The summed E-state index contributed by atoms with van der Waals surface area (Å²) in [6.07, 6.45) is 5.51. The molecule has 160 valence electrons. The van der Waals surface area contributed by atoms with Gasteiger partial charge in [-0.1, -0.05) is 31.2 Å². The molecule has 1 saturated heterocycles. The molecular formula is C26H34N2O2. The van der Waals surface area contributed by atoms with Crippen molar-refractivity contribution in [3.8, 4) is 5.75 Å². The van der Waals surface area contributed by atoms with E-state index in [1.807, 2.05) is 13.8 Å². The number of carbonyl (C=O) groups excluding carboxylic acids is 1. The molecule has 1 amide bonds. The molecule has 1 saturated carbocycles. The Bertz CT molecular complexity index is 819. The first kappa shape index (κ1) is 20.8. The van der Waals surface area contributed by atoms with Crippen molar-refractivity contribution < 1.29 is 9.53 Å². The highest BCUT2D eigenvalue weighted by Gasteiger charge is 2.23. The van der Waals surface area contributed by atoms with Crippen molar-refractivity contribution in [2.24, 2.45) is 5.92 Å². The maximum atomic E-state index is 11.6. The Balaban J connectivity index is 1.28. The fraction of sp³-hybridized carbons (Fsp3) is 0.500. The third kappa shape index (κ3) is 5.35. The minimum atomic E-state index is 0.0598. The van der Waals surface area contributed by atoms with Crippen molar-refractivity contribution in [3.63, 3.8) is 0 Å². The van der Waals surface area contributed by atoms with E-state index in [1.54, 1.807) is 0 Å². The van der Waals surface area contributed by atoms with E-state index in [0.29, 0.717) is 12.3 Å². The summed E-state index contributed by atoms with van der Waals surface area (Å²) in [4.78, 5) is 14.1. The number of carbonyl (C=O) groups is 1. The molecule has 1 aliphatic heterocycles. The molecule has 0 radical (unpaired) electrons. The van der Waals surface area contributed by atoms with E-state index in [4.69, 9.17) is 4.74 Å². The number of benzene rings is 2. The van der Waals surface area contributed by atoms with Gasteiger partial charge in [-0.05, 0) is 79.8 Å². The van der Waals surface area contributed by atoms with E-state index >= 15 is 0 Å². The summed E-state index contributed by atoms with van der Waals surface area (Å²) < 4.78 is 5.86. The Hall–Kier alpha value is -2.49. The topological polar surface area (TPSA) is 41.6 Å². The molecule has 4 rings (SSSR count). The van der Waals surface area contributed by atoms with Crippen LogP contribution in [0.4, 0.5) is 5.69 Å². The van der Waals surface area contributed by atoms with Crippen LogP contribution in [0.25, 0.3) is 0 Å². The molecule has 0 bridgehead atoms. The molecular weight excluding hydrogens is 372 g/mol. The van der Waals surface area contributed by atoms with Gasteiger partial charge in [0.05, 0.1) is 12.6 Å². The van der Waals surface area contributed by atoms with Gasteiger partial charge < -0.3 is 15.0 Å². The summed E-state index contributed by atoms with van der Waals surface area (Å²) >= 11 is 0. The van der Waals surface area contributed by atoms with Crippen LogP contribution in [0.5, 0.6) is 5.75 Å². The minimum absolute atomic E-state index is 0.0598. The largest absolute Gasteiger partial charge is 0.493 e. The van der Waals surface area contributed by atoms with Gasteiger partial charge >= 0.3 is 0 Å². The van der Waals surface area contributed by atoms with Gasteiger partial charge in [0.2, 0.25) is 5.91 Å². The molecule has 2 fully saturated rings. The summed E-state index contributed by atoms with van der Waals surface area (Å²) in [5.41, 5.74) is 3.88. The zero-order valence-corrected chi connectivity index (χ0v) is 18.3. The van der Waals surface area contributed by atoms with Crippen LogP contribution in [0.15, 0.2) is 48.5 Å². The fourth-order valence-corrected chi connectivity index (χ4v) is 4.21. The molecule has 4 nitrogen and oxygen atoms in total. The molecule has 1 heterocycles. The second-order valence-corrected chi connectivity index (χ2v) is 8.82. The summed E-state index contributed by atoms with van der Waals surface area (Å²) in [6.45, 7) is 6.96. The van der Waals surface area contributed by atoms with Crippen molar-refractivity contribution >= 4 is 11.6 Å². The van der Waals surface area contributed by atoms with Crippen molar-refractivity contribution in [3.05, 3.63) is 59.7 Å². The van der Waals surface area contributed by atoms with Crippen molar-refractivity contribution in [1.29, 1.82) is 0 Å². The van der Waals surface area contributed by atoms with E-state index in [0.717, 1.165) is 31.4 Å². The third-order valence-electron chi connectivity index (χ3n) is 6.49. The average molecular weight is 407 g/mol. The van der Waals surface area contributed by atoms with Crippen molar-refractivity contribution in [1.82, 2.24) is 5.32 Å². The molecule has 2 aliphatic rings. The highest BCUT2D eigenvalue weighted by atomic mass is 16.5. The predicted molar refractivity (Wildman–Crippen MR) is 122 cm³/mol. The molecule has 1 atom stereocenters. The first-order chi connectivity index (χ1) is 14.6. The molecule has 2 aromatic carbocycles. The molecule has 30 heavy (non-hydrogen) atoms. The number of rotatable bonds is 8. The number of nitrogens with zero attached hydrogens (tertiary/aromatic N) is 1. The van der Waals surface area contributed by atoms with Crippen LogP contribution in [0.1, 0.15) is 69.0 Å². The van der Waals surface area contributed by atoms with Crippen LogP contribution in [0, 0.1) is 5.92 Å². The smallest absolute Gasteiger partial charge is 0.220 e. The van der Waals surface area contributed by atoms with Crippen LogP contribution in [-0.4, -0.2) is 25.6 Å². The van der Waals surface area contributed by atoms with E-state index in [1.165, 1.54) is 42.5 Å². The van der Waals surface area contributed by atoms with E-state index in [-0.39, 0.29) is 11.9 Å². The molecule has 1 aliphatic carbocycles. The van der Waals surface area contributed by atoms with Crippen LogP contribution in [0.2, 0.25) is 0 Å². The highest BCUT2D eigenvalue weighted by molar-refractivity contribution is 5.76. The third-order valence-corrected chi connectivity index (χ3v) is 6.49. The molecule has 1 N–H and O–H groups in total. The molecule has 4 heteroatoms. The quantitative estimate of drug-likeness (QED) is 0.634. The normalized spacial score (nSPS) is 18.1. The summed E-state index contributed by atoms with van der Waals surface area (Å²) in [5.74, 6) is 2.49. The number of hydrogen-bond acceptors (Lipinski definition) is 3. The van der Waals surface area contributed by atoms with Gasteiger partial charge in [0.1, 0.15) is 5.75 Å². The summed E-state index contributed by atoms with van der Waals surface area (Å²) in [7, 11) is 0. The Morgan fingerprint density at radius 3 is 2.30 bits per heavy atom. The lowest BCUT2D eigenvalue weighted by Gasteiger charge is -2.34. The van der Waals surface area contributed by atoms with E-state index < -0.39 is 0 Å². The van der Waals surface area contributed by atoms with Crippen LogP contribution in [0.3, 0.4) is 0 Å². The summed E-state index contributed by atoms with van der Waals surface area (Å²) in [5, 5.41) is 3.03. The molecule has 0 unspecified atom stereocenters. The standard InChI is InChI=1S/C26H34N2O2/c1-3-26(29)27-19(2)21-6-8-22(9-7-21)23-14-16-28(17-15-23)24-10-12-25(13-11-24)30-18-20-4-5-20/h6-13,19-20,23H,3-5,14-18H2,1-2H3,(H,27,29)/t19-/m0/s1. The minimum Gasteiger partial charge on any atom is -0.493 e. The lowest BCUT2D eigenvalue weighted by atomic mass is 9.88. The van der Waals surface area contributed by atoms with E-state index in [9.17, 15) is 4.79 Å². The van der Waals surface area contributed by atoms with Crippen molar-refractivity contribution in [2.45, 2.75) is 57.9 Å². The van der Waals surface area contributed by atoms with Crippen LogP contribution in [-0.2, 0) is 4.79 Å². The predicted octanol–water partition coefficient (Wildman–Crippen LogP) is 5.45. The van der Waals surface area contributed by atoms with E-state index in [2.05, 4.69) is 58.7 Å². The zero-order valence-electron chi connectivity index (χ0n) is 18.3. The fourth-order valence-electron chi connectivity index (χ4n) is 4.21. The van der Waals surface area contributed by atoms with Gasteiger partial charge in [-0.2, -0.15) is 0 Å². The maximum Gasteiger partial charge on any atom is 0.220 e. The first-order valence-electron chi connectivity index (χ1n) is 11.5. The number of hydrogen-bond donors (Lipinski definition) is 1. The number of anilines is 1. The van der Waals surface area contributed by atoms with Gasteiger partial charge in [-0.25, -0.2) is 0 Å². The van der Waals surface area contributed by atoms with Gasteiger partial charge in [0.25, 0.3) is 0 Å².